The van der Waals surface area contributed by atoms with Gasteiger partial charge in [-0.3, -0.25) is 14.4 Å². The van der Waals surface area contributed by atoms with E-state index in [0.717, 1.165) is 29.6 Å². The number of fused-ring (bicyclic) bond motifs is 6. The van der Waals surface area contributed by atoms with Gasteiger partial charge in [0, 0.05) is 80.1 Å². The molecule has 2 aromatic heterocycles. The molecular formula is C38H44N6O8S2. The standard InChI is InChI=1S/C38H44N6O8S2/c1-4-23-24-16-22(6-7-28(24)39-34-25(23)18-44-29(34)17-27-26(35(44)47)19-51-36(48)38(27,50)5-2)52-37(49)43-15-14-42(30-20-53-54-21-31(30)43)33(46)9-8-32(45)41-12-10-40(3)11-13-41/h6-7,16-17,30-31,50H,4-5,8-15,18-21H2,1-3H3/t30-,31+,38-/m1/s1. The first-order chi connectivity index (χ1) is 26.0. The Morgan fingerprint density at radius 2 is 1.65 bits per heavy atom. The van der Waals surface area contributed by atoms with Gasteiger partial charge < -0.3 is 38.7 Å². The summed E-state index contributed by atoms with van der Waals surface area (Å²) in [6, 6.07) is 6.63. The molecule has 3 atom stereocenters. The highest BCUT2D eigenvalue weighted by Crippen LogP contribution is 2.41. The number of amides is 3. The number of piperazine rings is 2. The van der Waals surface area contributed by atoms with Crippen molar-refractivity contribution in [3.8, 4) is 17.1 Å². The number of pyridine rings is 2. The predicted octanol–water partition coefficient (Wildman–Crippen LogP) is 2.97. The van der Waals surface area contributed by atoms with E-state index in [4.69, 9.17) is 14.5 Å². The van der Waals surface area contributed by atoms with Crippen molar-refractivity contribution in [2.24, 2.45) is 0 Å². The normalized spacial score (nSPS) is 23.7. The van der Waals surface area contributed by atoms with Crippen LogP contribution in [0.1, 0.15) is 55.4 Å². The van der Waals surface area contributed by atoms with Crippen LogP contribution in [0.4, 0.5) is 4.79 Å². The van der Waals surface area contributed by atoms with Crippen LogP contribution in [0.15, 0.2) is 29.1 Å². The van der Waals surface area contributed by atoms with E-state index in [2.05, 4.69) is 4.90 Å². The number of ether oxygens (including phenoxy) is 2. The maximum atomic E-state index is 13.8. The maximum Gasteiger partial charge on any atom is 0.415 e. The molecule has 1 N–H and O–H groups in total. The summed E-state index contributed by atoms with van der Waals surface area (Å²) in [5.41, 5.74) is 1.97. The predicted molar refractivity (Wildman–Crippen MR) is 204 cm³/mol. The molecule has 3 amide bonds. The minimum Gasteiger partial charge on any atom is -0.458 e. The number of aromatic nitrogens is 2. The van der Waals surface area contributed by atoms with E-state index in [1.54, 1.807) is 56.2 Å². The number of nitrogens with zero attached hydrogens (tertiary/aromatic N) is 6. The third-order valence-corrected chi connectivity index (χ3v) is 14.1. The van der Waals surface area contributed by atoms with Crippen molar-refractivity contribution in [3.05, 3.63) is 56.9 Å². The van der Waals surface area contributed by atoms with E-state index in [0.29, 0.717) is 66.8 Å². The van der Waals surface area contributed by atoms with E-state index in [1.807, 2.05) is 29.8 Å². The number of benzene rings is 1. The third-order valence-electron chi connectivity index (χ3n) is 11.7. The van der Waals surface area contributed by atoms with Crippen LogP contribution in [0.25, 0.3) is 22.3 Å². The van der Waals surface area contributed by atoms with Gasteiger partial charge in [-0.05, 0) is 49.7 Å². The number of cyclic esters (lactones) is 1. The van der Waals surface area contributed by atoms with Crippen LogP contribution in [0.3, 0.4) is 0 Å². The first kappa shape index (κ1) is 36.8. The molecular weight excluding hydrogens is 733 g/mol. The van der Waals surface area contributed by atoms with Crippen molar-refractivity contribution < 1.29 is 33.8 Å². The van der Waals surface area contributed by atoms with Gasteiger partial charge in [-0.15, -0.1) is 0 Å². The minimum atomic E-state index is -1.91. The van der Waals surface area contributed by atoms with Crippen LogP contribution < -0.4 is 10.3 Å². The minimum absolute atomic E-state index is 0.0141. The number of carbonyl (C=O) groups is 4. The number of likely N-dealkylation sites (N-methyl/N-ethyl adjacent to an activating group) is 1. The van der Waals surface area contributed by atoms with Gasteiger partial charge in [-0.25, -0.2) is 14.6 Å². The van der Waals surface area contributed by atoms with Crippen LogP contribution in [0.2, 0.25) is 0 Å². The summed E-state index contributed by atoms with van der Waals surface area (Å²) in [6.45, 7) is 7.51. The highest BCUT2D eigenvalue weighted by molar-refractivity contribution is 8.76. The molecule has 3 aromatic rings. The summed E-state index contributed by atoms with van der Waals surface area (Å²) in [5, 5.41) is 12.0. The lowest BCUT2D eigenvalue weighted by Gasteiger charge is -2.48. The van der Waals surface area contributed by atoms with Crippen molar-refractivity contribution >= 4 is 56.4 Å². The van der Waals surface area contributed by atoms with Gasteiger partial charge in [-0.2, -0.15) is 0 Å². The second-order valence-corrected chi connectivity index (χ2v) is 17.1. The molecule has 0 bridgehead atoms. The molecule has 3 fully saturated rings. The van der Waals surface area contributed by atoms with Gasteiger partial charge in [0.1, 0.15) is 12.4 Å². The average Bonchev–Trinajstić information content (AvgIpc) is 3.55. The second kappa shape index (κ2) is 14.5. The first-order valence-corrected chi connectivity index (χ1v) is 21.1. The SMILES string of the molecule is CCc1c2c(nc3ccc(OC(=O)N4CCN(C(=O)CCC(=O)N5CCN(C)CC5)[C@@H]5CSSC[C@@H]54)cc13)-c1cc3c(c(=O)n1C2)COC(=O)[C@@]3(O)CC. The lowest BCUT2D eigenvalue weighted by Crippen LogP contribution is -2.65. The number of aryl methyl sites for hydroxylation is 1. The number of hydrogen-bond acceptors (Lipinski definition) is 12. The number of hydrogen-bond donors (Lipinski definition) is 1. The Balaban J connectivity index is 0.998. The van der Waals surface area contributed by atoms with Gasteiger partial charge in [0.25, 0.3) is 5.56 Å². The van der Waals surface area contributed by atoms with Crippen molar-refractivity contribution in [1.29, 1.82) is 0 Å². The molecule has 8 rings (SSSR count). The highest BCUT2D eigenvalue weighted by atomic mass is 33.1. The Bertz CT molecular complexity index is 2120. The molecule has 5 aliphatic rings. The summed E-state index contributed by atoms with van der Waals surface area (Å²) < 4.78 is 12.9. The largest absolute Gasteiger partial charge is 0.458 e. The molecule has 3 saturated heterocycles. The fraction of sp³-hybridized carbons (Fsp3) is 0.526. The highest BCUT2D eigenvalue weighted by Gasteiger charge is 2.46. The number of esters is 1. The van der Waals surface area contributed by atoms with E-state index in [9.17, 15) is 29.1 Å². The fourth-order valence-electron chi connectivity index (χ4n) is 8.48. The maximum absolute atomic E-state index is 13.8. The molecule has 54 heavy (non-hydrogen) atoms. The summed E-state index contributed by atoms with van der Waals surface area (Å²) >= 11 is 0. The molecule has 16 heteroatoms. The molecule has 14 nitrogen and oxygen atoms in total. The Kier molecular flexibility index (Phi) is 9.90. The summed E-state index contributed by atoms with van der Waals surface area (Å²) in [5.74, 6) is 0.897. The number of aliphatic hydroxyl groups is 1. The second-order valence-electron chi connectivity index (χ2n) is 14.6. The van der Waals surface area contributed by atoms with Gasteiger partial charge in [0.2, 0.25) is 11.8 Å². The van der Waals surface area contributed by atoms with Crippen LogP contribution in [0.5, 0.6) is 5.75 Å². The zero-order valence-electron chi connectivity index (χ0n) is 30.7. The lowest BCUT2D eigenvalue weighted by atomic mass is 9.86. The molecule has 1 aromatic carbocycles. The van der Waals surface area contributed by atoms with Crippen molar-refractivity contribution in [1.82, 2.24) is 29.2 Å². The average molecular weight is 777 g/mol. The molecule has 0 aliphatic carbocycles. The molecule has 0 saturated carbocycles. The molecule has 5 aliphatic heterocycles. The van der Waals surface area contributed by atoms with E-state index in [1.165, 1.54) is 0 Å². The summed E-state index contributed by atoms with van der Waals surface area (Å²) in [4.78, 5) is 79.0. The van der Waals surface area contributed by atoms with Gasteiger partial charge in [0.05, 0.1) is 41.1 Å². The lowest BCUT2D eigenvalue weighted by molar-refractivity contribution is -0.172. The van der Waals surface area contributed by atoms with Gasteiger partial charge in [0.15, 0.2) is 5.60 Å². The van der Waals surface area contributed by atoms with Crippen molar-refractivity contribution in [2.75, 3.05) is 57.8 Å². The van der Waals surface area contributed by atoms with Crippen molar-refractivity contribution in [2.45, 2.75) is 70.4 Å². The molecule has 286 valence electrons. The zero-order valence-corrected chi connectivity index (χ0v) is 32.3. The summed E-state index contributed by atoms with van der Waals surface area (Å²) in [7, 11) is 5.40. The van der Waals surface area contributed by atoms with Gasteiger partial charge >= 0.3 is 12.1 Å². The monoisotopic (exact) mass is 776 g/mol. The molecule has 0 radical (unpaired) electrons. The fourth-order valence-corrected chi connectivity index (χ4v) is 11.2. The Hall–Kier alpha value is -4.12. The summed E-state index contributed by atoms with van der Waals surface area (Å²) in [6.07, 6.45) is 0.548. The van der Waals surface area contributed by atoms with Gasteiger partial charge in [-0.1, -0.05) is 35.4 Å². The quantitative estimate of drug-likeness (QED) is 0.226. The Labute approximate surface area is 320 Å². The van der Waals surface area contributed by atoms with Crippen LogP contribution in [-0.2, 0) is 44.3 Å². The third kappa shape index (κ3) is 6.24. The van der Waals surface area contributed by atoms with Crippen molar-refractivity contribution in [3.63, 3.8) is 0 Å². The Morgan fingerprint density at radius 1 is 0.944 bits per heavy atom. The molecule has 0 spiro atoms. The topological polar surface area (TPSA) is 155 Å². The number of carbonyl (C=O) groups excluding carboxylic acids is 4. The van der Waals surface area contributed by atoms with E-state index < -0.39 is 17.7 Å². The van der Waals surface area contributed by atoms with E-state index in [-0.39, 0.29) is 73.0 Å². The number of rotatable bonds is 6. The smallest absolute Gasteiger partial charge is 0.415 e. The van der Waals surface area contributed by atoms with Crippen LogP contribution in [-0.4, -0.2) is 128 Å². The first-order valence-electron chi connectivity index (χ1n) is 18.6. The van der Waals surface area contributed by atoms with Crippen LogP contribution >= 0.6 is 21.6 Å². The zero-order chi connectivity index (χ0) is 37.9. The Morgan fingerprint density at radius 3 is 2.37 bits per heavy atom. The van der Waals surface area contributed by atoms with E-state index >= 15 is 0 Å². The molecule has 7 heterocycles. The molecule has 0 unspecified atom stereocenters. The van der Waals surface area contributed by atoms with Crippen LogP contribution in [0, 0.1) is 0 Å².